The topological polar surface area (TPSA) is 130 Å². The van der Waals surface area contributed by atoms with Gasteiger partial charge in [0.05, 0.1) is 40.0 Å². The number of carbonyl (C=O) groups excluding carboxylic acids is 2. The number of aromatic nitrogens is 2. The van der Waals surface area contributed by atoms with E-state index < -0.39 is 16.0 Å². The number of hydrogen-bond acceptors (Lipinski definition) is 7. The zero-order valence-corrected chi connectivity index (χ0v) is 19.3. The van der Waals surface area contributed by atoms with Crippen LogP contribution < -0.4 is 10.0 Å². The number of esters is 1. The normalized spacial score (nSPS) is 11.4. The Bertz CT molecular complexity index is 1220. The summed E-state index contributed by atoms with van der Waals surface area (Å²) in [7, 11) is -2.32. The molecule has 32 heavy (non-hydrogen) atoms. The van der Waals surface area contributed by atoms with Gasteiger partial charge in [-0.2, -0.15) is 0 Å². The number of H-pyrrole nitrogens is 1. The van der Waals surface area contributed by atoms with Gasteiger partial charge in [0.25, 0.3) is 0 Å². The fourth-order valence-corrected chi connectivity index (χ4v) is 4.65. The predicted molar refractivity (Wildman–Crippen MR) is 123 cm³/mol. The van der Waals surface area contributed by atoms with Crippen LogP contribution >= 0.6 is 11.8 Å². The van der Waals surface area contributed by atoms with Crippen LogP contribution in [0.1, 0.15) is 30.1 Å². The third kappa shape index (κ3) is 5.87. The van der Waals surface area contributed by atoms with Crippen molar-refractivity contribution in [1.82, 2.24) is 14.7 Å². The van der Waals surface area contributed by atoms with E-state index in [1.165, 1.54) is 19.2 Å². The summed E-state index contributed by atoms with van der Waals surface area (Å²) in [5.74, 6) is -0.824. The molecule has 0 aliphatic carbocycles. The van der Waals surface area contributed by atoms with Gasteiger partial charge >= 0.3 is 5.97 Å². The second kappa shape index (κ2) is 10.6. The maximum atomic E-state index is 12.4. The lowest BCUT2D eigenvalue weighted by Gasteiger charge is -2.08. The molecule has 0 unspecified atom stereocenters. The number of anilines is 1. The van der Waals surface area contributed by atoms with Crippen LogP contribution in [0.5, 0.6) is 0 Å². The molecule has 0 saturated carbocycles. The maximum Gasteiger partial charge on any atom is 0.339 e. The number of ether oxygens (including phenoxy) is 1. The van der Waals surface area contributed by atoms with Crippen molar-refractivity contribution < 1.29 is 22.7 Å². The van der Waals surface area contributed by atoms with Crippen LogP contribution in [0.3, 0.4) is 0 Å². The molecule has 3 aromatic rings. The fourth-order valence-electron chi connectivity index (χ4n) is 2.87. The number of benzene rings is 2. The third-order valence-electron chi connectivity index (χ3n) is 4.51. The average molecular weight is 477 g/mol. The van der Waals surface area contributed by atoms with E-state index in [0.29, 0.717) is 28.4 Å². The molecular weight excluding hydrogens is 452 g/mol. The lowest BCUT2D eigenvalue weighted by molar-refractivity contribution is -0.113. The van der Waals surface area contributed by atoms with Gasteiger partial charge < -0.3 is 15.0 Å². The zero-order valence-electron chi connectivity index (χ0n) is 17.7. The molecular formula is C21H24N4O5S2. The first-order valence-electron chi connectivity index (χ1n) is 9.93. The number of nitrogens with one attached hydrogen (secondary N) is 3. The summed E-state index contributed by atoms with van der Waals surface area (Å²) in [6.45, 7) is 2.37. The first-order valence-corrected chi connectivity index (χ1v) is 12.4. The second-order valence-corrected chi connectivity index (χ2v) is 9.58. The van der Waals surface area contributed by atoms with Crippen molar-refractivity contribution in [1.29, 1.82) is 0 Å². The number of fused-ring (bicyclic) bond motifs is 1. The minimum absolute atomic E-state index is 0.0407. The highest BCUT2D eigenvalue weighted by molar-refractivity contribution is 7.99. The van der Waals surface area contributed by atoms with E-state index in [2.05, 4.69) is 20.0 Å². The van der Waals surface area contributed by atoms with Crippen LogP contribution in [0.2, 0.25) is 0 Å². The van der Waals surface area contributed by atoms with Crippen LogP contribution in [0.25, 0.3) is 11.0 Å². The maximum absolute atomic E-state index is 12.4. The number of thioether (sulfide) groups is 1. The van der Waals surface area contributed by atoms with Crippen LogP contribution in [0, 0.1) is 0 Å². The molecule has 2 aromatic carbocycles. The van der Waals surface area contributed by atoms with Crippen LogP contribution in [-0.2, 0) is 19.6 Å². The van der Waals surface area contributed by atoms with Crippen molar-refractivity contribution >= 4 is 50.4 Å². The Hall–Kier alpha value is -2.89. The first-order chi connectivity index (χ1) is 15.3. The Balaban J connectivity index is 1.66. The Kier molecular flexibility index (Phi) is 7.89. The van der Waals surface area contributed by atoms with Gasteiger partial charge in [-0.1, -0.05) is 37.2 Å². The summed E-state index contributed by atoms with van der Waals surface area (Å²) in [6.07, 6.45) is 1.66. The van der Waals surface area contributed by atoms with Crippen molar-refractivity contribution in [2.45, 2.75) is 29.8 Å². The van der Waals surface area contributed by atoms with Gasteiger partial charge in [0.15, 0.2) is 5.16 Å². The van der Waals surface area contributed by atoms with Crippen LogP contribution in [0.4, 0.5) is 5.69 Å². The van der Waals surface area contributed by atoms with Crippen LogP contribution in [-0.4, -0.2) is 49.7 Å². The molecule has 0 spiro atoms. The molecule has 1 aromatic heterocycles. The largest absolute Gasteiger partial charge is 0.465 e. The van der Waals surface area contributed by atoms with E-state index in [0.717, 1.165) is 24.6 Å². The first kappa shape index (κ1) is 23.8. The van der Waals surface area contributed by atoms with E-state index in [-0.39, 0.29) is 22.1 Å². The zero-order chi connectivity index (χ0) is 23.1. The van der Waals surface area contributed by atoms with Crippen molar-refractivity contribution in [3.63, 3.8) is 0 Å². The van der Waals surface area contributed by atoms with Gasteiger partial charge in [0, 0.05) is 6.54 Å². The molecule has 0 radical (unpaired) electrons. The summed E-state index contributed by atoms with van der Waals surface area (Å²) in [5, 5.41) is 3.17. The minimum Gasteiger partial charge on any atom is -0.465 e. The van der Waals surface area contributed by atoms with E-state index >= 15 is 0 Å². The molecule has 0 saturated heterocycles. The van der Waals surface area contributed by atoms with Gasteiger partial charge in [-0.3, -0.25) is 4.79 Å². The van der Waals surface area contributed by atoms with E-state index in [1.54, 1.807) is 30.3 Å². The van der Waals surface area contributed by atoms with Crippen LogP contribution in [0.15, 0.2) is 52.5 Å². The number of nitrogens with zero attached hydrogens (tertiary/aromatic N) is 1. The van der Waals surface area contributed by atoms with Gasteiger partial charge in [-0.25, -0.2) is 22.9 Å². The molecule has 3 rings (SSSR count). The molecule has 9 nitrogen and oxygen atoms in total. The fraction of sp³-hybridized carbons (Fsp3) is 0.286. The molecule has 0 aliphatic heterocycles. The van der Waals surface area contributed by atoms with Crippen molar-refractivity contribution in [2.24, 2.45) is 0 Å². The standard InChI is InChI=1S/C21H24N4O5S2/c1-3-4-11-22-32(28,29)14-9-10-17-18(12-14)25-21(24-17)31-13-19(26)23-16-8-6-5-7-15(16)20(27)30-2/h5-10,12,22H,3-4,11,13H2,1-2H3,(H,23,26)(H,24,25). The Morgan fingerprint density at radius 2 is 1.97 bits per heavy atom. The highest BCUT2D eigenvalue weighted by Crippen LogP contribution is 2.23. The van der Waals surface area contributed by atoms with Gasteiger partial charge in [0.1, 0.15) is 0 Å². The SMILES string of the molecule is CCCCNS(=O)(=O)c1ccc2nc(SCC(=O)Nc3ccccc3C(=O)OC)[nH]c2c1. The predicted octanol–water partition coefficient (Wildman–Crippen LogP) is 3.16. The minimum atomic E-state index is -3.59. The third-order valence-corrected chi connectivity index (χ3v) is 6.84. The number of rotatable bonds is 10. The highest BCUT2D eigenvalue weighted by Gasteiger charge is 2.16. The number of imidazole rings is 1. The summed E-state index contributed by atoms with van der Waals surface area (Å²) in [4.78, 5) is 31.8. The van der Waals surface area contributed by atoms with Crippen molar-refractivity contribution in [3.05, 3.63) is 48.0 Å². The summed E-state index contributed by atoms with van der Waals surface area (Å²) >= 11 is 1.16. The lowest BCUT2D eigenvalue weighted by atomic mass is 10.2. The van der Waals surface area contributed by atoms with Crippen molar-refractivity contribution in [3.8, 4) is 0 Å². The second-order valence-electron chi connectivity index (χ2n) is 6.85. The molecule has 3 N–H and O–H groups in total. The molecule has 11 heteroatoms. The van der Waals surface area contributed by atoms with E-state index in [1.807, 2.05) is 6.92 Å². The molecule has 0 atom stereocenters. The summed E-state index contributed by atoms with van der Waals surface area (Å²) < 4.78 is 32.1. The Labute approximate surface area is 190 Å². The molecule has 1 heterocycles. The number of aromatic amines is 1. The number of amides is 1. The summed E-state index contributed by atoms with van der Waals surface area (Å²) in [6, 6.07) is 11.2. The average Bonchev–Trinajstić information content (AvgIpc) is 3.20. The smallest absolute Gasteiger partial charge is 0.339 e. The summed E-state index contributed by atoms with van der Waals surface area (Å²) in [5.41, 5.74) is 1.78. The van der Waals surface area contributed by atoms with Gasteiger partial charge in [-0.05, 0) is 36.8 Å². The lowest BCUT2D eigenvalue weighted by Crippen LogP contribution is -2.24. The number of para-hydroxylation sites is 1. The molecule has 1 amide bonds. The molecule has 0 aliphatic rings. The van der Waals surface area contributed by atoms with Gasteiger partial charge in [0.2, 0.25) is 15.9 Å². The van der Waals surface area contributed by atoms with Crippen molar-refractivity contribution in [2.75, 3.05) is 24.7 Å². The number of carbonyl (C=O) groups is 2. The molecule has 170 valence electrons. The Morgan fingerprint density at radius 1 is 1.19 bits per heavy atom. The Morgan fingerprint density at radius 3 is 2.72 bits per heavy atom. The van der Waals surface area contributed by atoms with E-state index in [4.69, 9.17) is 4.74 Å². The highest BCUT2D eigenvalue weighted by atomic mass is 32.2. The van der Waals surface area contributed by atoms with E-state index in [9.17, 15) is 18.0 Å². The number of unbranched alkanes of at least 4 members (excludes halogenated alkanes) is 1. The molecule has 0 bridgehead atoms. The number of hydrogen-bond donors (Lipinski definition) is 3. The van der Waals surface area contributed by atoms with Gasteiger partial charge in [-0.15, -0.1) is 0 Å². The number of methoxy groups -OCH3 is 1. The monoisotopic (exact) mass is 476 g/mol. The molecule has 0 fully saturated rings. The number of sulfonamides is 1. The quantitative estimate of drug-likeness (QED) is 0.233.